The van der Waals surface area contributed by atoms with Crippen molar-refractivity contribution in [2.45, 2.75) is 20.8 Å². The largest absolute Gasteiger partial charge is 0.412 e. The van der Waals surface area contributed by atoms with E-state index in [1.165, 1.54) is 0 Å². The molecule has 0 aliphatic rings. The van der Waals surface area contributed by atoms with Gasteiger partial charge in [0.2, 0.25) is 0 Å². The van der Waals surface area contributed by atoms with Gasteiger partial charge in [0, 0.05) is 5.92 Å². The molecule has 0 aromatic heterocycles. The molecule has 42 valence electrons. The van der Waals surface area contributed by atoms with Crippen LogP contribution in [0.15, 0.2) is 0 Å². The smallest absolute Gasteiger partial charge is 0.0146 e. The van der Waals surface area contributed by atoms with Crippen molar-refractivity contribution in [3.05, 3.63) is 0 Å². The standard InChI is InChI=1S/C6H10.H2O/c1-4-5-6(2)3;/h6H,1-3H3;1H2. The quantitative estimate of drug-likeness (QED) is 0.404. The van der Waals surface area contributed by atoms with Crippen LogP contribution < -0.4 is 0 Å². The Morgan fingerprint density at radius 1 is 1.29 bits per heavy atom. The zero-order valence-corrected chi connectivity index (χ0v) is 5.08. The molecule has 0 spiro atoms. The molecule has 0 aliphatic heterocycles. The summed E-state index contributed by atoms with van der Waals surface area (Å²) in [6.45, 7) is 6.02. The number of rotatable bonds is 0. The third-order valence-corrected chi connectivity index (χ3v) is 0.433. The molecule has 0 aromatic carbocycles. The molecule has 0 unspecified atom stereocenters. The molecular weight excluding hydrogens is 88.1 g/mol. The first-order valence-electron chi connectivity index (χ1n) is 2.19. The maximum Gasteiger partial charge on any atom is 0.0146 e. The molecule has 0 saturated heterocycles. The van der Waals surface area contributed by atoms with Crippen molar-refractivity contribution in [2.75, 3.05) is 0 Å². The van der Waals surface area contributed by atoms with Crippen LogP contribution in [-0.2, 0) is 0 Å². The molecule has 0 atom stereocenters. The molecule has 1 heteroatoms. The van der Waals surface area contributed by atoms with E-state index in [1.54, 1.807) is 0 Å². The van der Waals surface area contributed by atoms with Gasteiger partial charge >= 0.3 is 0 Å². The number of hydrogen-bond donors (Lipinski definition) is 0. The molecule has 0 aromatic rings. The average molecular weight is 100 g/mol. The average Bonchev–Trinajstić information content (AvgIpc) is 1.35. The molecule has 0 bridgehead atoms. The van der Waals surface area contributed by atoms with Gasteiger partial charge in [-0.15, -0.1) is 11.8 Å². The Balaban J connectivity index is 0. The maximum atomic E-state index is 2.96. The topological polar surface area (TPSA) is 31.5 Å². The van der Waals surface area contributed by atoms with E-state index in [4.69, 9.17) is 0 Å². The fourth-order valence-electron chi connectivity index (χ4n) is 0.289. The molecule has 0 saturated carbocycles. The molecule has 0 fully saturated rings. The summed E-state index contributed by atoms with van der Waals surface area (Å²) in [5.74, 6) is 6.31. The van der Waals surface area contributed by atoms with Crippen LogP contribution in [0.3, 0.4) is 0 Å². The lowest BCUT2D eigenvalue weighted by Gasteiger charge is -1.82. The number of hydrogen-bond acceptors (Lipinski definition) is 0. The van der Waals surface area contributed by atoms with Crippen molar-refractivity contribution in [1.29, 1.82) is 0 Å². The van der Waals surface area contributed by atoms with E-state index in [-0.39, 0.29) is 5.48 Å². The highest BCUT2D eigenvalue weighted by Gasteiger charge is 1.75. The van der Waals surface area contributed by atoms with Crippen molar-refractivity contribution in [3.63, 3.8) is 0 Å². The second-order valence-corrected chi connectivity index (χ2v) is 1.55. The lowest BCUT2D eigenvalue weighted by Crippen LogP contribution is -1.74. The van der Waals surface area contributed by atoms with E-state index >= 15 is 0 Å². The first kappa shape index (κ1) is 9.72. The Bertz CT molecular complexity index is 73.9. The molecular formula is C6H12O. The van der Waals surface area contributed by atoms with Gasteiger partial charge in [0.1, 0.15) is 0 Å². The van der Waals surface area contributed by atoms with Crippen LogP contribution in [0.5, 0.6) is 0 Å². The third-order valence-electron chi connectivity index (χ3n) is 0.433. The van der Waals surface area contributed by atoms with Gasteiger partial charge in [0.15, 0.2) is 0 Å². The van der Waals surface area contributed by atoms with Crippen LogP contribution in [0.25, 0.3) is 0 Å². The van der Waals surface area contributed by atoms with E-state index in [1.807, 2.05) is 6.92 Å². The predicted octanol–water partition coefficient (Wildman–Crippen LogP) is 0.841. The van der Waals surface area contributed by atoms with Crippen LogP contribution in [0, 0.1) is 17.8 Å². The SMILES string of the molecule is CC#CC(C)C.O. The summed E-state index contributed by atoms with van der Waals surface area (Å²) in [7, 11) is 0. The Hall–Kier alpha value is -0.480. The molecule has 0 aliphatic carbocycles. The maximum absolute atomic E-state index is 2.96. The minimum absolute atomic E-state index is 0. The van der Waals surface area contributed by atoms with Gasteiger partial charge in [0.25, 0.3) is 0 Å². The van der Waals surface area contributed by atoms with E-state index in [2.05, 4.69) is 25.7 Å². The monoisotopic (exact) mass is 100 g/mol. The molecule has 2 N–H and O–H groups in total. The van der Waals surface area contributed by atoms with Crippen molar-refractivity contribution in [3.8, 4) is 11.8 Å². The Morgan fingerprint density at radius 3 is 1.71 bits per heavy atom. The molecule has 0 amide bonds. The van der Waals surface area contributed by atoms with Crippen molar-refractivity contribution in [1.82, 2.24) is 0 Å². The van der Waals surface area contributed by atoms with Crippen molar-refractivity contribution in [2.24, 2.45) is 5.92 Å². The molecule has 0 rings (SSSR count). The summed E-state index contributed by atoms with van der Waals surface area (Å²) in [6, 6.07) is 0. The summed E-state index contributed by atoms with van der Waals surface area (Å²) in [5, 5.41) is 0. The zero-order valence-electron chi connectivity index (χ0n) is 5.08. The summed E-state index contributed by atoms with van der Waals surface area (Å²) < 4.78 is 0. The second kappa shape index (κ2) is 5.52. The first-order valence-corrected chi connectivity index (χ1v) is 2.19. The van der Waals surface area contributed by atoms with Gasteiger partial charge in [-0.3, -0.25) is 0 Å². The predicted molar refractivity (Wildman–Crippen MR) is 31.9 cm³/mol. The molecule has 1 nitrogen and oxygen atoms in total. The van der Waals surface area contributed by atoms with Gasteiger partial charge in [-0.25, -0.2) is 0 Å². The first-order chi connectivity index (χ1) is 2.77. The highest BCUT2D eigenvalue weighted by Crippen LogP contribution is 1.83. The van der Waals surface area contributed by atoms with Crippen LogP contribution >= 0.6 is 0 Å². The lowest BCUT2D eigenvalue weighted by atomic mass is 10.2. The van der Waals surface area contributed by atoms with Crippen LogP contribution in [0.4, 0.5) is 0 Å². The van der Waals surface area contributed by atoms with Crippen molar-refractivity contribution >= 4 is 0 Å². The van der Waals surface area contributed by atoms with E-state index in [9.17, 15) is 0 Å². The highest BCUT2D eigenvalue weighted by molar-refractivity contribution is 4.97. The van der Waals surface area contributed by atoms with Gasteiger partial charge in [-0.2, -0.15) is 0 Å². The normalized spacial score (nSPS) is 6.29. The van der Waals surface area contributed by atoms with E-state index < -0.39 is 0 Å². The Kier molecular flexibility index (Phi) is 7.67. The van der Waals surface area contributed by atoms with Crippen LogP contribution in [-0.4, -0.2) is 5.48 Å². The van der Waals surface area contributed by atoms with E-state index in [0.29, 0.717) is 5.92 Å². The minimum Gasteiger partial charge on any atom is -0.412 e. The zero-order chi connectivity index (χ0) is 4.99. The van der Waals surface area contributed by atoms with Crippen molar-refractivity contribution < 1.29 is 5.48 Å². The van der Waals surface area contributed by atoms with Gasteiger partial charge in [-0.1, -0.05) is 13.8 Å². The van der Waals surface area contributed by atoms with Gasteiger partial charge in [0.05, 0.1) is 0 Å². The molecule has 0 heterocycles. The Labute approximate surface area is 45.0 Å². The van der Waals surface area contributed by atoms with Crippen LogP contribution in [0.2, 0.25) is 0 Å². The third kappa shape index (κ3) is 10.8. The summed E-state index contributed by atoms with van der Waals surface area (Å²) >= 11 is 0. The fraction of sp³-hybridized carbons (Fsp3) is 0.667. The summed E-state index contributed by atoms with van der Waals surface area (Å²) in [6.07, 6.45) is 0. The highest BCUT2D eigenvalue weighted by atomic mass is 16.0. The fourth-order valence-corrected chi connectivity index (χ4v) is 0.289. The lowest BCUT2D eigenvalue weighted by molar-refractivity contribution is 0.824. The Morgan fingerprint density at radius 2 is 1.71 bits per heavy atom. The molecule has 0 radical (unpaired) electrons. The van der Waals surface area contributed by atoms with Gasteiger partial charge < -0.3 is 5.48 Å². The van der Waals surface area contributed by atoms with Gasteiger partial charge in [-0.05, 0) is 6.92 Å². The van der Waals surface area contributed by atoms with Crippen LogP contribution in [0.1, 0.15) is 20.8 Å². The summed E-state index contributed by atoms with van der Waals surface area (Å²) in [5.41, 5.74) is 0. The molecule has 7 heavy (non-hydrogen) atoms. The second-order valence-electron chi connectivity index (χ2n) is 1.55. The minimum atomic E-state index is 0. The summed E-state index contributed by atoms with van der Waals surface area (Å²) in [4.78, 5) is 0. The van der Waals surface area contributed by atoms with E-state index in [0.717, 1.165) is 0 Å².